The van der Waals surface area contributed by atoms with Crippen molar-refractivity contribution in [2.45, 2.75) is 13.8 Å². The largest absolute Gasteiger partial charge is 0.352 e. The fourth-order valence-electron chi connectivity index (χ4n) is 4.44. The van der Waals surface area contributed by atoms with Crippen molar-refractivity contribution in [3.63, 3.8) is 0 Å². The normalized spacial score (nSPS) is 13.5. The van der Waals surface area contributed by atoms with E-state index in [1.165, 1.54) is 6.92 Å². The number of aromatic nitrogens is 2. The van der Waals surface area contributed by atoms with E-state index >= 15 is 0 Å². The summed E-state index contributed by atoms with van der Waals surface area (Å²) in [7, 11) is 0. The van der Waals surface area contributed by atoms with Gasteiger partial charge in [-0.05, 0) is 60.0 Å². The van der Waals surface area contributed by atoms with Crippen LogP contribution in [0.3, 0.4) is 0 Å². The molecule has 1 fully saturated rings. The number of amides is 3. The maximum atomic E-state index is 12.8. The lowest BCUT2D eigenvalue weighted by Crippen LogP contribution is -2.50. The van der Waals surface area contributed by atoms with Gasteiger partial charge in [0.2, 0.25) is 11.9 Å². The third-order valence-electron chi connectivity index (χ3n) is 6.28. The highest BCUT2D eigenvalue weighted by Gasteiger charge is 2.24. The number of halogens is 1. The summed E-state index contributed by atoms with van der Waals surface area (Å²) in [4.78, 5) is 37.8. The van der Waals surface area contributed by atoms with Crippen LogP contribution in [-0.2, 0) is 4.79 Å². The fraction of sp³-hybridized carbons (Fsp3) is 0.214. The van der Waals surface area contributed by atoms with Crippen molar-refractivity contribution in [3.8, 4) is 11.1 Å². The van der Waals surface area contributed by atoms with Crippen LogP contribution in [0.5, 0.6) is 0 Å². The topological polar surface area (TPSA) is 90.5 Å². The minimum absolute atomic E-state index is 0.123. The van der Waals surface area contributed by atoms with Crippen molar-refractivity contribution in [2.75, 3.05) is 41.7 Å². The molecular formula is C28H27ClN6O2. The summed E-state index contributed by atoms with van der Waals surface area (Å²) in [6.07, 6.45) is 0. The summed E-state index contributed by atoms with van der Waals surface area (Å²) in [6, 6.07) is 21.3. The monoisotopic (exact) mass is 514 g/mol. The molecule has 5 rings (SSSR count). The average molecular weight is 515 g/mol. The van der Waals surface area contributed by atoms with Crippen molar-refractivity contribution >= 4 is 51.9 Å². The van der Waals surface area contributed by atoms with Crippen molar-refractivity contribution in [1.29, 1.82) is 0 Å². The van der Waals surface area contributed by atoms with Crippen LogP contribution in [0.4, 0.5) is 22.2 Å². The molecule has 188 valence electrons. The summed E-state index contributed by atoms with van der Waals surface area (Å²) >= 11 is 6.07. The Morgan fingerprint density at radius 2 is 1.59 bits per heavy atom. The van der Waals surface area contributed by atoms with E-state index < -0.39 is 0 Å². The Morgan fingerprint density at radius 1 is 0.865 bits per heavy atom. The van der Waals surface area contributed by atoms with E-state index in [9.17, 15) is 9.59 Å². The van der Waals surface area contributed by atoms with Crippen molar-refractivity contribution < 1.29 is 9.59 Å². The van der Waals surface area contributed by atoms with Crippen LogP contribution in [0.25, 0.3) is 22.0 Å². The Bertz CT molecular complexity index is 1470. The predicted molar refractivity (Wildman–Crippen MR) is 148 cm³/mol. The molecule has 0 aliphatic carbocycles. The van der Waals surface area contributed by atoms with E-state index in [2.05, 4.69) is 26.6 Å². The van der Waals surface area contributed by atoms with Crippen LogP contribution in [0.15, 0.2) is 66.7 Å². The number of piperazine rings is 1. The van der Waals surface area contributed by atoms with Crippen molar-refractivity contribution in [2.24, 2.45) is 0 Å². The molecule has 0 atom stereocenters. The summed E-state index contributed by atoms with van der Waals surface area (Å²) < 4.78 is 0. The first-order valence-corrected chi connectivity index (χ1v) is 12.5. The van der Waals surface area contributed by atoms with Crippen LogP contribution in [0.2, 0.25) is 5.02 Å². The van der Waals surface area contributed by atoms with Gasteiger partial charge in [0.05, 0.1) is 5.52 Å². The summed E-state index contributed by atoms with van der Waals surface area (Å²) in [5, 5.41) is 7.25. The van der Waals surface area contributed by atoms with E-state index in [0.717, 1.165) is 39.1 Å². The molecule has 1 aliphatic heterocycles. The van der Waals surface area contributed by atoms with E-state index in [0.29, 0.717) is 31.2 Å². The molecule has 4 aromatic rings. The van der Waals surface area contributed by atoms with Gasteiger partial charge in [-0.25, -0.2) is 9.78 Å². The minimum Gasteiger partial charge on any atom is -0.352 e. The van der Waals surface area contributed by atoms with Crippen LogP contribution >= 0.6 is 11.6 Å². The summed E-state index contributed by atoms with van der Waals surface area (Å²) in [6.45, 7) is 5.69. The zero-order chi connectivity index (χ0) is 25.9. The maximum absolute atomic E-state index is 12.8. The fourth-order valence-corrected chi connectivity index (χ4v) is 4.56. The molecule has 3 amide bonds. The molecule has 1 aliphatic rings. The molecule has 37 heavy (non-hydrogen) atoms. The molecule has 3 aromatic carbocycles. The van der Waals surface area contributed by atoms with Gasteiger partial charge in [0.1, 0.15) is 5.82 Å². The van der Waals surface area contributed by atoms with Gasteiger partial charge in [-0.2, -0.15) is 4.98 Å². The molecule has 0 spiro atoms. The molecule has 0 bridgehead atoms. The lowest BCUT2D eigenvalue weighted by molar-refractivity contribution is -0.114. The number of carbonyl (C=O) groups excluding carboxylic acids is 2. The second-order valence-electron chi connectivity index (χ2n) is 9.06. The standard InChI is InChI=1S/C28H27ClN6O2/c1-18-4-3-5-23(16-18)31-28(37)35-14-12-34(13-15-35)26-24-17-21(20-6-9-22(29)10-7-20)8-11-25(24)32-27(33-26)30-19(2)36/h3-11,16-17H,12-15H2,1-2H3,(H,31,37)(H,30,32,33,36). The number of carbonyl (C=O) groups is 2. The predicted octanol–water partition coefficient (Wildman–Crippen LogP) is 5.57. The van der Waals surface area contributed by atoms with E-state index in [1.807, 2.05) is 67.6 Å². The number of anilines is 3. The second-order valence-corrected chi connectivity index (χ2v) is 9.50. The van der Waals surface area contributed by atoms with Gasteiger partial charge < -0.3 is 15.1 Å². The highest BCUT2D eigenvalue weighted by atomic mass is 35.5. The smallest absolute Gasteiger partial charge is 0.321 e. The number of hydrogen-bond donors (Lipinski definition) is 2. The number of nitrogens with zero attached hydrogens (tertiary/aromatic N) is 4. The second kappa shape index (κ2) is 10.4. The van der Waals surface area contributed by atoms with E-state index in [4.69, 9.17) is 16.6 Å². The first kappa shape index (κ1) is 24.5. The maximum Gasteiger partial charge on any atom is 0.321 e. The molecule has 2 heterocycles. The quantitative estimate of drug-likeness (QED) is 0.371. The summed E-state index contributed by atoms with van der Waals surface area (Å²) in [5.74, 6) is 0.748. The lowest BCUT2D eigenvalue weighted by Gasteiger charge is -2.36. The highest BCUT2D eigenvalue weighted by Crippen LogP contribution is 2.31. The number of nitrogens with one attached hydrogen (secondary N) is 2. The molecular weight excluding hydrogens is 488 g/mol. The Kier molecular flexibility index (Phi) is 6.92. The summed E-state index contributed by atoms with van der Waals surface area (Å²) in [5.41, 5.74) is 4.64. The Labute approximate surface area is 220 Å². The molecule has 9 heteroatoms. The van der Waals surface area contributed by atoms with Gasteiger partial charge in [-0.15, -0.1) is 0 Å². The minimum atomic E-state index is -0.235. The highest BCUT2D eigenvalue weighted by molar-refractivity contribution is 6.30. The van der Waals surface area contributed by atoms with Gasteiger partial charge in [-0.3, -0.25) is 10.1 Å². The van der Waals surface area contributed by atoms with Gasteiger partial charge in [0, 0.05) is 49.2 Å². The first-order chi connectivity index (χ1) is 17.9. The lowest BCUT2D eigenvalue weighted by atomic mass is 10.0. The Hall–Kier alpha value is -4.17. The van der Waals surface area contributed by atoms with Crippen molar-refractivity contribution in [3.05, 3.63) is 77.3 Å². The zero-order valence-corrected chi connectivity index (χ0v) is 21.4. The average Bonchev–Trinajstić information content (AvgIpc) is 2.88. The molecule has 2 N–H and O–H groups in total. The van der Waals surface area contributed by atoms with Gasteiger partial charge in [-0.1, -0.05) is 41.9 Å². The van der Waals surface area contributed by atoms with Crippen LogP contribution in [0, 0.1) is 6.92 Å². The number of rotatable bonds is 4. The Balaban J connectivity index is 1.41. The van der Waals surface area contributed by atoms with Crippen LogP contribution in [0.1, 0.15) is 12.5 Å². The Morgan fingerprint density at radius 3 is 2.30 bits per heavy atom. The number of urea groups is 1. The molecule has 0 saturated carbocycles. The third kappa shape index (κ3) is 5.65. The molecule has 1 saturated heterocycles. The van der Waals surface area contributed by atoms with Gasteiger partial charge >= 0.3 is 6.03 Å². The van der Waals surface area contributed by atoms with Gasteiger partial charge in [0.25, 0.3) is 0 Å². The zero-order valence-electron chi connectivity index (χ0n) is 20.7. The van der Waals surface area contributed by atoms with Crippen LogP contribution < -0.4 is 15.5 Å². The number of hydrogen-bond acceptors (Lipinski definition) is 5. The molecule has 8 nitrogen and oxygen atoms in total. The van der Waals surface area contributed by atoms with E-state index in [1.54, 1.807) is 4.90 Å². The van der Waals surface area contributed by atoms with Gasteiger partial charge in [0.15, 0.2) is 0 Å². The van der Waals surface area contributed by atoms with E-state index in [-0.39, 0.29) is 17.9 Å². The molecule has 0 radical (unpaired) electrons. The van der Waals surface area contributed by atoms with Crippen molar-refractivity contribution in [1.82, 2.24) is 14.9 Å². The molecule has 1 aromatic heterocycles. The molecule has 0 unspecified atom stereocenters. The van der Waals surface area contributed by atoms with Crippen LogP contribution in [-0.4, -0.2) is 53.0 Å². The number of aryl methyl sites for hydroxylation is 1. The number of benzene rings is 3. The number of fused-ring (bicyclic) bond motifs is 1. The SMILES string of the molecule is CC(=O)Nc1nc(N2CCN(C(=O)Nc3cccc(C)c3)CC2)c2cc(-c3ccc(Cl)cc3)ccc2n1. The first-order valence-electron chi connectivity index (χ1n) is 12.1. The third-order valence-corrected chi connectivity index (χ3v) is 6.53.